The molecule has 1 unspecified atom stereocenters. The zero-order valence-corrected chi connectivity index (χ0v) is 16.6. The van der Waals surface area contributed by atoms with Crippen molar-refractivity contribution in [3.05, 3.63) is 52.8 Å². The molecule has 0 radical (unpaired) electrons. The normalized spacial score (nSPS) is 18.4. The largest absolute Gasteiger partial charge is 0.368 e. The molecule has 32 heavy (non-hydrogen) atoms. The highest BCUT2D eigenvalue weighted by Crippen LogP contribution is 2.29. The molecule has 0 saturated carbocycles. The number of rotatable bonds is 5. The highest BCUT2D eigenvalue weighted by molar-refractivity contribution is 6.05. The number of nitrogens with two attached hydrogens (primary N) is 1. The minimum atomic E-state index is -3.91. The number of hydrogen-bond donors (Lipinski definition) is 3. The van der Waals surface area contributed by atoms with Crippen molar-refractivity contribution < 1.29 is 28.0 Å². The van der Waals surface area contributed by atoms with E-state index in [1.54, 1.807) is 6.07 Å². The molecule has 1 saturated heterocycles. The summed E-state index contributed by atoms with van der Waals surface area (Å²) in [5, 5.41) is 4.38. The summed E-state index contributed by atoms with van der Waals surface area (Å²) < 4.78 is 28.7. The third-order valence-corrected chi connectivity index (χ3v) is 5.32. The molecule has 166 valence electrons. The Morgan fingerprint density at radius 1 is 1.28 bits per heavy atom. The number of piperidine rings is 1. The van der Waals surface area contributed by atoms with Crippen LogP contribution in [-0.4, -0.2) is 44.5 Å². The minimum Gasteiger partial charge on any atom is -0.368 e. The van der Waals surface area contributed by atoms with Crippen molar-refractivity contribution >= 4 is 29.6 Å². The van der Waals surface area contributed by atoms with Crippen LogP contribution in [0.15, 0.2) is 30.5 Å². The number of amides is 4. The van der Waals surface area contributed by atoms with E-state index in [1.165, 1.54) is 17.0 Å². The number of imide groups is 1. The maximum atomic E-state index is 14.4. The van der Waals surface area contributed by atoms with Gasteiger partial charge < -0.3 is 16.0 Å². The van der Waals surface area contributed by atoms with Crippen molar-refractivity contribution in [2.75, 3.05) is 5.73 Å². The standard InChI is InChI=1S/C20H18F2N6O4/c21-20(22,14-5-6-24-19(23)26-14)18(32)25-8-10-1-2-12-11(7-10)9-28(17(12)31)13-3-4-15(29)27-16(13)30/h1-2,5-7,13H,3-4,8-9H2,(H,25,32)(H2,23,24,26)(H,27,29,30). The van der Waals surface area contributed by atoms with E-state index in [1.807, 2.05) is 0 Å². The molecule has 4 amide bonds. The van der Waals surface area contributed by atoms with E-state index < -0.39 is 29.5 Å². The van der Waals surface area contributed by atoms with Crippen molar-refractivity contribution in [2.24, 2.45) is 0 Å². The van der Waals surface area contributed by atoms with Gasteiger partial charge in [-0.05, 0) is 29.7 Å². The van der Waals surface area contributed by atoms with Gasteiger partial charge >= 0.3 is 5.92 Å². The van der Waals surface area contributed by atoms with Crippen LogP contribution in [0.3, 0.4) is 0 Å². The van der Waals surface area contributed by atoms with Crippen LogP contribution in [0.4, 0.5) is 14.7 Å². The molecule has 4 rings (SSSR count). The molecule has 1 atom stereocenters. The van der Waals surface area contributed by atoms with Gasteiger partial charge in [0.1, 0.15) is 11.7 Å². The Kier molecular flexibility index (Phi) is 5.28. The second-order valence-electron chi connectivity index (χ2n) is 7.45. The number of carbonyl (C=O) groups excluding carboxylic acids is 4. The fourth-order valence-electron chi connectivity index (χ4n) is 3.70. The minimum absolute atomic E-state index is 0.138. The third kappa shape index (κ3) is 3.86. The average molecular weight is 444 g/mol. The summed E-state index contributed by atoms with van der Waals surface area (Å²) in [6.07, 6.45) is 1.40. The van der Waals surface area contributed by atoms with Gasteiger partial charge in [-0.1, -0.05) is 12.1 Å². The zero-order valence-electron chi connectivity index (χ0n) is 16.6. The van der Waals surface area contributed by atoms with Crippen LogP contribution < -0.4 is 16.4 Å². The molecule has 2 aromatic rings. The zero-order chi connectivity index (χ0) is 23.0. The molecule has 0 aliphatic carbocycles. The van der Waals surface area contributed by atoms with Gasteiger partial charge in [0.25, 0.3) is 11.8 Å². The first kappa shape index (κ1) is 21.3. The number of nitrogen functional groups attached to an aromatic ring is 1. The second-order valence-corrected chi connectivity index (χ2v) is 7.45. The average Bonchev–Trinajstić information content (AvgIpc) is 3.07. The van der Waals surface area contributed by atoms with Crippen molar-refractivity contribution in [3.63, 3.8) is 0 Å². The molecule has 0 spiro atoms. The van der Waals surface area contributed by atoms with Gasteiger partial charge in [0.2, 0.25) is 17.8 Å². The number of alkyl halides is 2. The number of fused-ring (bicyclic) bond motifs is 1. The van der Waals surface area contributed by atoms with E-state index in [4.69, 9.17) is 5.73 Å². The molecule has 12 heteroatoms. The lowest BCUT2D eigenvalue weighted by atomic mass is 10.0. The molecule has 10 nitrogen and oxygen atoms in total. The number of aromatic nitrogens is 2. The Labute approximate surface area is 180 Å². The number of carbonyl (C=O) groups is 4. The van der Waals surface area contributed by atoms with Gasteiger partial charge in [-0.2, -0.15) is 8.78 Å². The Morgan fingerprint density at radius 3 is 2.78 bits per heavy atom. The molecule has 1 aromatic heterocycles. The van der Waals surface area contributed by atoms with Crippen LogP contribution in [0, 0.1) is 0 Å². The summed E-state index contributed by atoms with van der Waals surface area (Å²) in [5.74, 6) is -7.10. The molecule has 0 bridgehead atoms. The summed E-state index contributed by atoms with van der Waals surface area (Å²) in [5.41, 5.74) is 5.96. The molecule has 2 aliphatic rings. The summed E-state index contributed by atoms with van der Waals surface area (Å²) >= 11 is 0. The van der Waals surface area contributed by atoms with Crippen LogP contribution in [0.25, 0.3) is 0 Å². The van der Waals surface area contributed by atoms with Crippen LogP contribution in [0.1, 0.15) is 40.0 Å². The number of nitrogens with one attached hydrogen (secondary N) is 2. The lowest BCUT2D eigenvalue weighted by molar-refractivity contribution is -0.147. The lowest BCUT2D eigenvalue weighted by Crippen LogP contribution is -2.52. The summed E-state index contributed by atoms with van der Waals surface area (Å²) in [4.78, 5) is 56.5. The number of halogens is 2. The van der Waals surface area contributed by atoms with Crippen LogP contribution in [-0.2, 0) is 33.4 Å². The van der Waals surface area contributed by atoms with Gasteiger partial charge in [-0.25, -0.2) is 9.97 Å². The van der Waals surface area contributed by atoms with Crippen molar-refractivity contribution in [3.8, 4) is 0 Å². The Bertz CT molecular complexity index is 1140. The third-order valence-electron chi connectivity index (χ3n) is 5.32. The van der Waals surface area contributed by atoms with Crippen LogP contribution in [0.2, 0.25) is 0 Å². The maximum absolute atomic E-state index is 14.4. The highest BCUT2D eigenvalue weighted by Gasteiger charge is 2.43. The predicted octanol–water partition coefficient (Wildman–Crippen LogP) is 0.228. The topological polar surface area (TPSA) is 147 Å². The van der Waals surface area contributed by atoms with Gasteiger partial charge in [-0.3, -0.25) is 24.5 Å². The van der Waals surface area contributed by atoms with E-state index in [-0.39, 0.29) is 43.7 Å². The Morgan fingerprint density at radius 2 is 2.06 bits per heavy atom. The molecule has 3 heterocycles. The van der Waals surface area contributed by atoms with E-state index >= 15 is 0 Å². The second kappa shape index (κ2) is 7.94. The van der Waals surface area contributed by atoms with E-state index in [2.05, 4.69) is 20.6 Å². The first-order valence-electron chi connectivity index (χ1n) is 9.68. The SMILES string of the molecule is Nc1nccc(C(F)(F)C(=O)NCc2ccc3c(c2)CN(C2CCC(=O)NC2=O)C3=O)n1. The lowest BCUT2D eigenvalue weighted by Gasteiger charge is -2.29. The molecule has 4 N–H and O–H groups in total. The number of anilines is 1. The molecular weight excluding hydrogens is 426 g/mol. The number of benzene rings is 1. The van der Waals surface area contributed by atoms with E-state index in [9.17, 15) is 28.0 Å². The first-order chi connectivity index (χ1) is 15.2. The van der Waals surface area contributed by atoms with Gasteiger partial charge in [0.05, 0.1) is 0 Å². The van der Waals surface area contributed by atoms with Gasteiger partial charge in [-0.15, -0.1) is 0 Å². The highest BCUT2D eigenvalue weighted by atomic mass is 19.3. The van der Waals surface area contributed by atoms with Gasteiger partial charge in [0, 0.05) is 31.3 Å². The van der Waals surface area contributed by atoms with Crippen molar-refractivity contribution in [2.45, 2.75) is 37.9 Å². The fraction of sp³-hybridized carbons (Fsp3) is 0.300. The summed E-state index contributed by atoms with van der Waals surface area (Å²) in [6, 6.07) is 4.82. The quantitative estimate of drug-likeness (QED) is 0.559. The number of nitrogens with zero attached hydrogens (tertiary/aromatic N) is 3. The summed E-state index contributed by atoms with van der Waals surface area (Å²) in [7, 11) is 0. The van der Waals surface area contributed by atoms with Gasteiger partial charge in [0.15, 0.2) is 0 Å². The van der Waals surface area contributed by atoms with Crippen molar-refractivity contribution in [1.29, 1.82) is 0 Å². The summed E-state index contributed by atoms with van der Waals surface area (Å²) in [6.45, 7) is -0.0759. The molecular formula is C20H18F2N6O4. The van der Waals surface area contributed by atoms with Crippen molar-refractivity contribution in [1.82, 2.24) is 25.5 Å². The molecule has 2 aliphatic heterocycles. The fourth-order valence-corrected chi connectivity index (χ4v) is 3.70. The van der Waals surface area contributed by atoms with E-state index in [0.717, 1.165) is 12.3 Å². The molecule has 1 aromatic carbocycles. The van der Waals surface area contributed by atoms with Crippen LogP contribution >= 0.6 is 0 Å². The predicted molar refractivity (Wildman–Crippen MR) is 105 cm³/mol. The number of hydrogen-bond acceptors (Lipinski definition) is 7. The molecule has 1 fully saturated rings. The Hall–Kier alpha value is -3.96. The smallest absolute Gasteiger partial charge is 0.366 e. The first-order valence-corrected chi connectivity index (χ1v) is 9.68. The monoisotopic (exact) mass is 444 g/mol. The Balaban J connectivity index is 1.44. The van der Waals surface area contributed by atoms with Crippen LogP contribution in [0.5, 0.6) is 0 Å². The maximum Gasteiger partial charge on any atom is 0.366 e. The van der Waals surface area contributed by atoms with E-state index in [0.29, 0.717) is 16.7 Å².